The van der Waals surface area contributed by atoms with Crippen LogP contribution in [0.5, 0.6) is 34.5 Å². The van der Waals surface area contributed by atoms with Crippen LogP contribution in [0, 0.1) is 5.82 Å². The third-order valence-electron chi connectivity index (χ3n) is 31.5. The molecule has 6 fully saturated rings. The van der Waals surface area contributed by atoms with Gasteiger partial charge in [0.25, 0.3) is 0 Å². The van der Waals surface area contributed by atoms with E-state index in [1.165, 1.54) is 12.1 Å². The van der Waals surface area contributed by atoms with Crippen LogP contribution in [-0.4, -0.2) is 286 Å². The predicted octanol–water partition coefficient (Wildman–Crippen LogP) is 10.8. The number of rotatable bonds is 29. The first-order chi connectivity index (χ1) is 64.9. The van der Waals surface area contributed by atoms with Gasteiger partial charge in [-0.05, 0) is 315 Å². The highest BCUT2D eigenvalue weighted by Gasteiger charge is 2.64. The number of aliphatic hydroxyl groups is 6. The number of carbonyl (C=O) groups is 6. The third kappa shape index (κ3) is 20.3. The van der Waals surface area contributed by atoms with Gasteiger partial charge >= 0.3 is 17.9 Å². The zero-order valence-corrected chi connectivity index (χ0v) is 80.5. The molecule has 4 aromatic carbocycles. The summed E-state index contributed by atoms with van der Waals surface area (Å²) in [4.78, 5) is 95.7. The first-order valence-electron chi connectivity index (χ1n) is 49.6. The van der Waals surface area contributed by atoms with Crippen LogP contribution in [-0.2, 0) is 76.5 Å². The Morgan fingerprint density at radius 3 is 1.07 bits per heavy atom. The number of fused-ring (bicyclic) bond motifs is 9. The van der Waals surface area contributed by atoms with Gasteiger partial charge in [0.1, 0.15) is 23.1 Å². The van der Waals surface area contributed by atoms with Crippen molar-refractivity contribution in [1.29, 1.82) is 0 Å². The van der Waals surface area contributed by atoms with E-state index in [9.17, 15) is 63.8 Å². The fourth-order valence-corrected chi connectivity index (χ4v) is 24.5. The van der Waals surface area contributed by atoms with E-state index < -0.39 is 99.3 Å². The van der Waals surface area contributed by atoms with Gasteiger partial charge in [0.15, 0.2) is 69.6 Å². The lowest BCUT2D eigenvalue weighted by atomic mass is 9.77. The predicted molar refractivity (Wildman–Crippen MR) is 498 cm³/mol. The summed E-state index contributed by atoms with van der Waals surface area (Å²) >= 11 is 0. The van der Waals surface area contributed by atoms with E-state index >= 15 is 0 Å². The second kappa shape index (κ2) is 39.6. The molecule has 3 amide bonds. The molecular weight excluding hydrogens is 1750 g/mol. The zero-order chi connectivity index (χ0) is 96.1. The fourth-order valence-electron chi connectivity index (χ4n) is 24.5. The van der Waals surface area contributed by atoms with E-state index in [-0.39, 0.29) is 93.4 Å². The normalized spacial score (nSPS) is 27.0. The third-order valence-corrected chi connectivity index (χ3v) is 31.5. The number of halogens is 1. The molecular formula is C104H140FN7O24. The molecule has 742 valence electrons. The fraction of sp³-hybridized carbons (Fsp3) is 0.654. The van der Waals surface area contributed by atoms with E-state index in [0.29, 0.717) is 118 Å². The molecule has 0 unspecified atom stereocenters. The van der Waals surface area contributed by atoms with Crippen molar-refractivity contribution in [3.63, 3.8) is 0 Å². The van der Waals surface area contributed by atoms with Crippen LogP contribution in [0.3, 0.4) is 0 Å². The van der Waals surface area contributed by atoms with Crippen LogP contribution in [0.1, 0.15) is 253 Å². The van der Waals surface area contributed by atoms with Gasteiger partial charge in [0, 0.05) is 70.6 Å². The molecule has 0 bridgehead atoms. The summed E-state index contributed by atoms with van der Waals surface area (Å²) in [5.74, 6) is 1.02. The van der Waals surface area contributed by atoms with Crippen molar-refractivity contribution in [2.45, 2.75) is 314 Å². The molecule has 32 heteroatoms. The van der Waals surface area contributed by atoms with Gasteiger partial charge in [0.05, 0.1) is 91.8 Å². The first kappa shape index (κ1) is 98.1. The minimum Gasteiger partial charge on any atom is -0.497 e. The first-order valence-corrected chi connectivity index (χ1v) is 49.6. The van der Waals surface area contributed by atoms with Crippen molar-refractivity contribution < 1.29 is 121 Å². The number of methoxy groups -OCH3 is 3. The molecule has 4 aliphatic carbocycles. The molecule has 1 saturated carbocycles. The van der Waals surface area contributed by atoms with E-state index in [1.807, 2.05) is 36.4 Å². The van der Waals surface area contributed by atoms with Crippen molar-refractivity contribution in [3.8, 4) is 34.5 Å². The number of hydrogen-bond donors (Lipinski definition) is 7. The summed E-state index contributed by atoms with van der Waals surface area (Å²) in [7, 11) is 4.74. The molecule has 11 aliphatic heterocycles. The molecule has 19 rings (SSSR count). The summed E-state index contributed by atoms with van der Waals surface area (Å²) in [5.41, 5.74) is -3.18. The Labute approximate surface area is 796 Å². The topological polar surface area (TPSA) is 366 Å². The number of esters is 3. The van der Waals surface area contributed by atoms with Gasteiger partial charge in [-0.2, -0.15) is 0 Å². The SMILES string of the molecule is COC1=C[C@]23CCCN2CCc2cc4c(cc2[C@@H]3[C@@H]1OC(=O)[C@@](O)(CCCC(C)(C)O)CC(=O)N1CCCC1)OCO4.COC1=C[C@]23CCCN2CCc2cc4c(cc2[C@@H]3[C@@H]1OC(=O)[C@@](O)(CCCC(C)(C)O)CC(=O)N1CCN(c2ccc(F)cc2)CC1)OCO4.COC1=C[C@]23CCCN2CCc2cc4c(cc2[C@@H]3[C@@H]1OC(=O)[C@@](O)(CCCC(C)(C)O)CC(=O)NC1CCCCC1)OCO4. The Bertz CT molecular complexity index is 5160. The Morgan fingerprint density at radius 1 is 0.404 bits per heavy atom. The average Bonchev–Trinajstić information content (AvgIpc) is 1.56. The van der Waals surface area contributed by atoms with E-state index in [2.05, 4.69) is 43.1 Å². The largest absolute Gasteiger partial charge is 0.497 e. The number of carbonyl (C=O) groups excluding carboxylic acids is 6. The average molecular weight is 1890 g/mol. The molecule has 5 saturated heterocycles. The number of likely N-dealkylation sites (tertiary alicyclic amines) is 1. The number of ether oxygens (including phenoxy) is 12. The zero-order valence-electron chi connectivity index (χ0n) is 80.5. The molecule has 3 spiro atoms. The Kier molecular flexibility index (Phi) is 28.6. The van der Waals surface area contributed by atoms with Crippen molar-refractivity contribution in [2.24, 2.45) is 0 Å². The van der Waals surface area contributed by atoms with Crippen LogP contribution >= 0.6 is 0 Å². The second-order valence-electron chi connectivity index (χ2n) is 42.3. The number of hydrogen-bond acceptors (Lipinski definition) is 28. The highest BCUT2D eigenvalue weighted by Crippen LogP contribution is 2.60. The highest BCUT2D eigenvalue weighted by atomic mass is 19.1. The standard InChI is InChI=1S/C38H48FN3O8.C34H48N2O8.C32H44N2O8/c1-36(2,45)11-4-13-38(46,23-32(43)41-18-16-40(17-19-41)27-8-6-26(39)7-9-27)35(44)50-34-31(47-3)22-37-12-5-14-42(37)15-10-25-20-29-30(49-24-48-29)21-28(25)33(34)37;1-32(2,39)12-7-14-34(40,20-28(37)35-23-9-5-4-6-10-23)31(38)44-30-27(41-3)19-33-13-8-15-36(33)16-11-22-17-25-26(43-21-42-25)18-24(22)29(30)33;1-30(2,37)9-6-11-32(38,19-26(35)33-12-4-5-13-33)29(36)42-28-25(39-3)18-31-10-7-14-34(31)15-8-21-16-23-24(41-20-40-23)17-22(21)27(28)31/h6-9,20-22,33-34,45-46H,4-5,10-19,23-24H2,1-3H3;17-19,23,29-30,39-40H,4-16,20-21H2,1-3H3,(H,35,37);16-18,27-28,37-38H,4-15,19-20H2,1-3H3/t33-,34-,37+,38-;29-,30-,33+,34-;27-,28-,31+,32-/m111/s1. The minimum atomic E-state index is -2.14. The van der Waals surface area contributed by atoms with Crippen molar-refractivity contribution in [1.82, 2.24) is 29.8 Å². The maximum Gasteiger partial charge on any atom is 0.339 e. The number of anilines is 1. The molecule has 7 N–H and O–H groups in total. The van der Waals surface area contributed by atoms with Gasteiger partial charge in [-0.25, -0.2) is 18.8 Å². The molecule has 31 nitrogen and oxygen atoms in total. The number of benzene rings is 4. The lowest BCUT2D eigenvalue weighted by Crippen LogP contribution is -2.53. The van der Waals surface area contributed by atoms with Crippen molar-refractivity contribution >= 4 is 41.3 Å². The van der Waals surface area contributed by atoms with Crippen LogP contribution < -0.4 is 38.6 Å². The number of nitrogens with one attached hydrogen (secondary N) is 1. The molecule has 0 aromatic heterocycles. The summed E-state index contributed by atoms with van der Waals surface area (Å²) < 4.78 is 84.6. The van der Waals surface area contributed by atoms with Crippen LogP contribution in [0.25, 0.3) is 0 Å². The van der Waals surface area contributed by atoms with Crippen LogP contribution in [0.15, 0.2) is 96.2 Å². The summed E-state index contributed by atoms with van der Waals surface area (Å²) in [5, 5.41) is 70.0. The Balaban J connectivity index is 0.000000142. The second-order valence-corrected chi connectivity index (χ2v) is 42.3. The number of amides is 3. The highest BCUT2D eigenvalue weighted by molar-refractivity contribution is 5.90. The molecule has 4 aromatic rings. The lowest BCUT2D eigenvalue weighted by molar-refractivity contribution is -0.177. The lowest BCUT2D eigenvalue weighted by Gasteiger charge is -2.40. The number of nitrogens with zero attached hydrogens (tertiary/aromatic N) is 6. The number of piperazine rings is 1. The van der Waals surface area contributed by atoms with Gasteiger partial charge in [0.2, 0.25) is 38.1 Å². The van der Waals surface area contributed by atoms with Gasteiger partial charge in [-0.3, -0.25) is 29.1 Å². The summed E-state index contributed by atoms with van der Waals surface area (Å²) in [6.07, 6.45) is 19.6. The molecule has 136 heavy (non-hydrogen) atoms. The van der Waals surface area contributed by atoms with Gasteiger partial charge in [-0.15, -0.1) is 0 Å². The van der Waals surface area contributed by atoms with E-state index in [0.717, 1.165) is 193 Å². The molecule has 11 heterocycles. The van der Waals surface area contributed by atoms with Crippen molar-refractivity contribution in [3.05, 3.63) is 135 Å². The molecule has 0 radical (unpaired) electrons. The monoisotopic (exact) mass is 1890 g/mol. The maximum absolute atomic E-state index is 14.4. The quantitative estimate of drug-likeness (QED) is 0.0196. The van der Waals surface area contributed by atoms with Crippen LogP contribution in [0.4, 0.5) is 10.1 Å². The Morgan fingerprint density at radius 2 is 0.735 bits per heavy atom. The Hall–Kier alpha value is -9.51. The maximum atomic E-state index is 14.4. The van der Waals surface area contributed by atoms with E-state index in [1.54, 1.807) is 84.8 Å². The van der Waals surface area contributed by atoms with Gasteiger partial charge in [-0.1, -0.05) is 19.3 Å². The summed E-state index contributed by atoms with van der Waals surface area (Å²) in [6.45, 7) is 18.9. The minimum absolute atomic E-state index is 0.00532. The molecule has 15 aliphatic rings. The van der Waals surface area contributed by atoms with Crippen LogP contribution in [0.2, 0.25) is 0 Å². The van der Waals surface area contributed by atoms with E-state index in [4.69, 9.17) is 56.8 Å². The smallest absolute Gasteiger partial charge is 0.339 e. The molecule has 12 atom stereocenters. The van der Waals surface area contributed by atoms with Gasteiger partial charge < -0.3 is 107 Å². The summed E-state index contributed by atoms with van der Waals surface area (Å²) in [6, 6.07) is 18.5. The van der Waals surface area contributed by atoms with Crippen molar-refractivity contribution in [2.75, 3.05) is 125 Å².